The second-order valence-corrected chi connectivity index (χ2v) is 7.74. The molecule has 1 heterocycles. The number of phenols is 4. The number of hydrogen-bond acceptors (Lipinski definition) is 5. The number of hydrogen-bond donors (Lipinski definition) is 5. The molecule has 0 bridgehead atoms. The zero-order valence-electron chi connectivity index (χ0n) is 15.7. The van der Waals surface area contributed by atoms with Gasteiger partial charge in [-0.2, -0.15) is 0 Å². The lowest BCUT2D eigenvalue weighted by Gasteiger charge is -2.40. The molecular formula is C25H17NO4. The second-order valence-electron chi connectivity index (χ2n) is 7.74. The molecule has 1 unspecified atom stereocenters. The lowest BCUT2D eigenvalue weighted by Crippen LogP contribution is -2.33. The van der Waals surface area contributed by atoms with Gasteiger partial charge in [0.1, 0.15) is 0 Å². The summed E-state index contributed by atoms with van der Waals surface area (Å²) in [6, 6.07) is 22.1. The molecule has 5 heteroatoms. The number of phenolic OH excluding ortho intramolecular Hbond substituents is 4. The predicted molar refractivity (Wildman–Crippen MR) is 114 cm³/mol. The van der Waals surface area contributed by atoms with Crippen molar-refractivity contribution in [3.05, 3.63) is 95.1 Å². The van der Waals surface area contributed by atoms with Gasteiger partial charge in [-0.1, -0.05) is 42.5 Å². The summed E-state index contributed by atoms with van der Waals surface area (Å²) in [5.74, 6) is -0.822. The highest BCUT2D eigenvalue weighted by Gasteiger charge is 2.50. The van der Waals surface area contributed by atoms with E-state index >= 15 is 0 Å². The number of anilines is 2. The van der Waals surface area contributed by atoms with Crippen molar-refractivity contribution in [2.45, 2.75) is 5.41 Å². The van der Waals surface area contributed by atoms with E-state index in [-0.39, 0.29) is 23.0 Å². The van der Waals surface area contributed by atoms with Crippen molar-refractivity contribution >= 4 is 11.4 Å². The maximum atomic E-state index is 10.4. The standard InChI is InChI=1S/C25H17NO4/c27-21-9-14-13-5-1-2-6-15(13)25(17(14)10-22(21)28)16-7-3-4-8-19(16)26-20-12-24(30)23(29)11-18(20)25/h1-12,26-30H. The summed E-state index contributed by atoms with van der Waals surface area (Å²) in [6.45, 7) is 0. The molecule has 1 aliphatic heterocycles. The highest BCUT2D eigenvalue weighted by molar-refractivity contribution is 5.93. The lowest BCUT2D eigenvalue weighted by molar-refractivity contribution is 0.401. The van der Waals surface area contributed by atoms with Crippen molar-refractivity contribution in [2.24, 2.45) is 0 Å². The van der Waals surface area contributed by atoms with Crippen LogP contribution in [0, 0.1) is 0 Å². The third-order valence-corrected chi connectivity index (χ3v) is 6.26. The molecule has 0 fully saturated rings. The number of rotatable bonds is 0. The summed E-state index contributed by atoms with van der Waals surface area (Å²) in [7, 11) is 0. The lowest BCUT2D eigenvalue weighted by atomic mass is 9.65. The molecule has 0 amide bonds. The zero-order valence-corrected chi connectivity index (χ0v) is 15.7. The zero-order chi connectivity index (χ0) is 20.6. The van der Waals surface area contributed by atoms with Gasteiger partial charge in [0.2, 0.25) is 0 Å². The van der Waals surface area contributed by atoms with Gasteiger partial charge in [0, 0.05) is 17.4 Å². The average Bonchev–Trinajstić information content (AvgIpc) is 3.01. The van der Waals surface area contributed by atoms with E-state index in [2.05, 4.69) is 5.32 Å². The first-order chi connectivity index (χ1) is 14.5. The van der Waals surface area contributed by atoms with Gasteiger partial charge in [0.05, 0.1) is 5.41 Å². The summed E-state index contributed by atoms with van der Waals surface area (Å²) in [5, 5.41) is 44.6. The van der Waals surface area contributed by atoms with Crippen LogP contribution in [0.1, 0.15) is 22.3 Å². The third kappa shape index (κ3) is 1.86. The fourth-order valence-corrected chi connectivity index (χ4v) is 5.08. The molecule has 146 valence electrons. The SMILES string of the molecule is Oc1cc2c(cc1O)C1(c3ccccc3N2)c2ccccc2-c2cc(O)c(O)cc21. The quantitative estimate of drug-likeness (QED) is 0.186. The van der Waals surface area contributed by atoms with Crippen LogP contribution in [0.4, 0.5) is 11.4 Å². The van der Waals surface area contributed by atoms with Crippen molar-refractivity contribution in [1.29, 1.82) is 0 Å². The Balaban J connectivity index is 1.86. The Kier molecular flexibility index (Phi) is 3.07. The number of benzene rings is 4. The predicted octanol–water partition coefficient (Wildman–Crippen LogP) is 4.93. The summed E-state index contributed by atoms with van der Waals surface area (Å²) in [6.07, 6.45) is 0. The molecule has 0 aromatic heterocycles. The first-order valence-electron chi connectivity index (χ1n) is 9.61. The Morgan fingerprint density at radius 1 is 0.500 bits per heavy atom. The maximum Gasteiger partial charge on any atom is 0.159 e. The highest BCUT2D eigenvalue weighted by Crippen LogP contribution is 2.62. The van der Waals surface area contributed by atoms with Gasteiger partial charge in [-0.25, -0.2) is 0 Å². The van der Waals surface area contributed by atoms with Crippen molar-refractivity contribution in [2.75, 3.05) is 5.32 Å². The van der Waals surface area contributed by atoms with E-state index in [4.69, 9.17) is 0 Å². The normalized spacial score (nSPS) is 17.6. The topological polar surface area (TPSA) is 93.0 Å². The van der Waals surface area contributed by atoms with E-state index in [9.17, 15) is 20.4 Å². The minimum Gasteiger partial charge on any atom is -0.504 e. The summed E-state index contributed by atoms with van der Waals surface area (Å²) in [5.41, 5.74) is 5.95. The molecule has 0 saturated heterocycles. The maximum absolute atomic E-state index is 10.4. The van der Waals surface area contributed by atoms with Crippen molar-refractivity contribution in [1.82, 2.24) is 0 Å². The van der Waals surface area contributed by atoms with Crippen LogP contribution in [-0.2, 0) is 5.41 Å². The Labute approximate surface area is 172 Å². The van der Waals surface area contributed by atoms with Gasteiger partial charge in [-0.15, -0.1) is 0 Å². The van der Waals surface area contributed by atoms with Gasteiger partial charge in [0.25, 0.3) is 0 Å². The van der Waals surface area contributed by atoms with Crippen LogP contribution >= 0.6 is 0 Å². The van der Waals surface area contributed by atoms with Gasteiger partial charge in [0.15, 0.2) is 23.0 Å². The molecule has 0 radical (unpaired) electrons. The minimum absolute atomic E-state index is 0.184. The molecule has 1 atom stereocenters. The highest BCUT2D eigenvalue weighted by atomic mass is 16.3. The summed E-state index contributed by atoms with van der Waals surface area (Å²) >= 11 is 0. The van der Waals surface area contributed by atoms with Gasteiger partial charge >= 0.3 is 0 Å². The molecule has 4 aromatic rings. The smallest absolute Gasteiger partial charge is 0.159 e. The number of para-hydroxylation sites is 1. The molecule has 2 aliphatic rings. The fraction of sp³-hybridized carbons (Fsp3) is 0.0400. The van der Waals surface area contributed by atoms with Crippen LogP contribution in [0.3, 0.4) is 0 Å². The summed E-state index contributed by atoms with van der Waals surface area (Å²) in [4.78, 5) is 0. The molecule has 5 nitrogen and oxygen atoms in total. The van der Waals surface area contributed by atoms with Crippen LogP contribution in [0.25, 0.3) is 11.1 Å². The Morgan fingerprint density at radius 3 is 1.90 bits per heavy atom. The van der Waals surface area contributed by atoms with Crippen LogP contribution < -0.4 is 5.32 Å². The number of fused-ring (bicyclic) bond motifs is 9. The largest absolute Gasteiger partial charge is 0.504 e. The van der Waals surface area contributed by atoms with Gasteiger partial charge in [-0.05, 0) is 57.6 Å². The van der Waals surface area contributed by atoms with Crippen LogP contribution in [-0.4, -0.2) is 20.4 Å². The van der Waals surface area contributed by atoms with E-state index in [0.29, 0.717) is 5.69 Å². The molecule has 1 spiro atoms. The molecule has 0 saturated carbocycles. The van der Waals surface area contributed by atoms with Crippen LogP contribution in [0.15, 0.2) is 72.8 Å². The molecular weight excluding hydrogens is 378 g/mol. The summed E-state index contributed by atoms with van der Waals surface area (Å²) < 4.78 is 0. The third-order valence-electron chi connectivity index (χ3n) is 6.26. The van der Waals surface area contributed by atoms with E-state index in [1.54, 1.807) is 18.2 Å². The first-order valence-corrected chi connectivity index (χ1v) is 9.61. The molecule has 6 rings (SSSR count). The van der Waals surface area contributed by atoms with E-state index in [0.717, 1.165) is 39.1 Å². The fourth-order valence-electron chi connectivity index (χ4n) is 5.08. The molecule has 5 N–H and O–H groups in total. The molecule has 1 aliphatic carbocycles. The van der Waals surface area contributed by atoms with E-state index < -0.39 is 5.41 Å². The Hall–Kier alpha value is -4.12. The van der Waals surface area contributed by atoms with E-state index in [1.165, 1.54) is 6.07 Å². The molecule has 4 aromatic carbocycles. The average molecular weight is 395 g/mol. The van der Waals surface area contributed by atoms with Crippen LogP contribution in [0.5, 0.6) is 23.0 Å². The van der Waals surface area contributed by atoms with Crippen molar-refractivity contribution in [3.8, 4) is 34.1 Å². The van der Waals surface area contributed by atoms with Crippen LogP contribution in [0.2, 0.25) is 0 Å². The Morgan fingerprint density at radius 2 is 1.10 bits per heavy atom. The second kappa shape index (κ2) is 5.48. The van der Waals surface area contributed by atoms with Gasteiger partial charge in [-0.3, -0.25) is 0 Å². The first kappa shape index (κ1) is 16.8. The van der Waals surface area contributed by atoms with E-state index in [1.807, 2.05) is 48.5 Å². The van der Waals surface area contributed by atoms with Gasteiger partial charge < -0.3 is 25.7 Å². The Bertz CT molecular complexity index is 1380. The monoisotopic (exact) mass is 395 g/mol. The number of nitrogens with one attached hydrogen (secondary N) is 1. The number of aromatic hydroxyl groups is 4. The molecule has 30 heavy (non-hydrogen) atoms. The van der Waals surface area contributed by atoms with Crippen molar-refractivity contribution < 1.29 is 20.4 Å². The minimum atomic E-state index is -0.834. The van der Waals surface area contributed by atoms with Crippen molar-refractivity contribution in [3.63, 3.8) is 0 Å².